The van der Waals surface area contributed by atoms with Gasteiger partial charge in [-0.1, -0.05) is 0 Å². The van der Waals surface area contributed by atoms with Gasteiger partial charge in [0.25, 0.3) is 5.91 Å². The molecule has 6 heteroatoms. The number of carbonyl (C=O) groups is 1. The van der Waals surface area contributed by atoms with Crippen molar-refractivity contribution in [1.29, 1.82) is 0 Å². The molecule has 5 nitrogen and oxygen atoms in total. The molecule has 0 saturated heterocycles. The summed E-state index contributed by atoms with van der Waals surface area (Å²) in [6, 6.07) is 3.51. The fourth-order valence-corrected chi connectivity index (χ4v) is 2.05. The molecule has 0 spiro atoms. The molecule has 0 radical (unpaired) electrons. The molecule has 0 aromatic carbocycles. The molecule has 0 unspecified atom stereocenters. The van der Waals surface area contributed by atoms with Crippen molar-refractivity contribution in [3.8, 4) is 0 Å². The Balaban J connectivity index is 2.72. The fraction of sp³-hybridized carbons (Fsp3) is 0.538. The Hall–Kier alpha value is -0.980. The summed E-state index contributed by atoms with van der Waals surface area (Å²) in [6.45, 7) is 2.33. The zero-order valence-corrected chi connectivity index (χ0v) is 12.9. The molecule has 0 saturated carbocycles. The average Bonchev–Trinajstić information content (AvgIpc) is 2.42. The number of halogens is 1. The van der Waals surface area contributed by atoms with E-state index in [9.17, 15) is 4.79 Å². The first-order valence-electron chi connectivity index (χ1n) is 6.08. The molecule has 106 valence electrons. The molecule has 0 N–H and O–H groups in total. The Morgan fingerprint density at radius 2 is 2.05 bits per heavy atom. The van der Waals surface area contributed by atoms with E-state index < -0.39 is 0 Å². The van der Waals surface area contributed by atoms with Crippen LogP contribution in [0.1, 0.15) is 16.8 Å². The lowest BCUT2D eigenvalue weighted by atomic mass is 10.2. The van der Waals surface area contributed by atoms with E-state index in [0.29, 0.717) is 36.5 Å². The summed E-state index contributed by atoms with van der Waals surface area (Å²) in [4.78, 5) is 18.3. The van der Waals surface area contributed by atoms with Gasteiger partial charge < -0.3 is 14.4 Å². The number of amides is 1. The van der Waals surface area contributed by atoms with Crippen molar-refractivity contribution >= 4 is 21.8 Å². The highest BCUT2D eigenvalue weighted by atomic mass is 79.9. The number of carbonyl (C=O) groups excluding carboxylic acids is 1. The van der Waals surface area contributed by atoms with Crippen LogP contribution in [0.3, 0.4) is 0 Å². The second kappa shape index (κ2) is 9.01. The average molecular weight is 331 g/mol. The molecule has 1 heterocycles. The predicted octanol–water partition coefficient (Wildman–Crippen LogP) is 1.97. The molecule has 1 rings (SSSR count). The first-order valence-corrected chi connectivity index (χ1v) is 6.87. The van der Waals surface area contributed by atoms with E-state index >= 15 is 0 Å². The van der Waals surface area contributed by atoms with Crippen LogP contribution in [0.5, 0.6) is 0 Å². The van der Waals surface area contributed by atoms with Crippen LogP contribution in [-0.4, -0.2) is 56.3 Å². The van der Waals surface area contributed by atoms with E-state index in [1.165, 1.54) is 0 Å². The molecule has 0 bridgehead atoms. The number of rotatable bonds is 8. The van der Waals surface area contributed by atoms with E-state index in [4.69, 9.17) is 9.47 Å². The van der Waals surface area contributed by atoms with Crippen LogP contribution in [0, 0.1) is 0 Å². The lowest BCUT2D eigenvalue weighted by molar-refractivity contribution is 0.0673. The van der Waals surface area contributed by atoms with Crippen molar-refractivity contribution < 1.29 is 14.3 Å². The van der Waals surface area contributed by atoms with Gasteiger partial charge in [0.05, 0.1) is 12.2 Å². The van der Waals surface area contributed by atoms with Gasteiger partial charge in [0.2, 0.25) is 0 Å². The smallest absolute Gasteiger partial charge is 0.256 e. The maximum Gasteiger partial charge on any atom is 0.256 e. The van der Waals surface area contributed by atoms with Crippen LogP contribution in [-0.2, 0) is 9.47 Å². The number of hydrogen-bond acceptors (Lipinski definition) is 4. The Morgan fingerprint density at radius 1 is 1.32 bits per heavy atom. The summed E-state index contributed by atoms with van der Waals surface area (Å²) in [5, 5.41) is 0. The van der Waals surface area contributed by atoms with E-state index in [-0.39, 0.29) is 5.91 Å². The lowest BCUT2D eigenvalue weighted by Crippen LogP contribution is -2.35. The number of hydrogen-bond donors (Lipinski definition) is 0. The molecule has 0 aliphatic heterocycles. The van der Waals surface area contributed by atoms with Crippen molar-refractivity contribution in [2.75, 3.05) is 40.5 Å². The summed E-state index contributed by atoms with van der Waals surface area (Å²) < 4.78 is 10.6. The SMILES string of the molecule is COCCCN(CCOC)C(=O)c1cccnc1Br. The van der Waals surface area contributed by atoms with Gasteiger partial charge in [-0.3, -0.25) is 4.79 Å². The first kappa shape index (κ1) is 16.1. The molecule has 1 aromatic rings. The van der Waals surface area contributed by atoms with Gasteiger partial charge in [-0.25, -0.2) is 4.98 Å². The maximum atomic E-state index is 12.4. The van der Waals surface area contributed by atoms with Crippen molar-refractivity contribution in [3.63, 3.8) is 0 Å². The summed E-state index contributed by atoms with van der Waals surface area (Å²) in [5.74, 6) is -0.0480. The third-order valence-corrected chi connectivity index (χ3v) is 3.25. The molecule has 0 atom stereocenters. The number of ether oxygens (including phenoxy) is 2. The summed E-state index contributed by atoms with van der Waals surface area (Å²) in [6.07, 6.45) is 2.44. The second-order valence-electron chi connectivity index (χ2n) is 3.97. The topological polar surface area (TPSA) is 51.7 Å². The Morgan fingerprint density at radius 3 is 2.68 bits per heavy atom. The van der Waals surface area contributed by atoms with Crippen LogP contribution in [0.2, 0.25) is 0 Å². The van der Waals surface area contributed by atoms with Crippen LogP contribution in [0.4, 0.5) is 0 Å². The van der Waals surface area contributed by atoms with Crippen LogP contribution >= 0.6 is 15.9 Å². The monoisotopic (exact) mass is 330 g/mol. The summed E-state index contributed by atoms with van der Waals surface area (Å²) in [5.41, 5.74) is 0.566. The predicted molar refractivity (Wildman–Crippen MR) is 76.2 cm³/mol. The number of methoxy groups -OCH3 is 2. The Bertz CT molecular complexity index is 401. The largest absolute Gasteiger partial charge is 0.385 e. The molecular formula is C13H19BrN2O3. The summed E-state index contributed by atoms with van der Waals surface area (Å²) >= 11 is 3.30. The van der Waals surface area contributed by atoms with Gasteiger partial charge in [-0.05, 0) is 34.5 Å². The maximum absolute atomic E-state index is 12.4. The highest BCUT2D eigenvalue weighted by Gasteiger charge is 2.18. The van der Waals surface area contributed by atoms with E-state index in [1.54, 1.807) is 37.4 Å². The Kier molecular flexibility index (Phi) is 7.62. The zero-order valence-electron chi connectivity index (χ0n) is 11.3. The number of pyridine rings is 1. The minimum absolute atomic E-state index is 0.0480. The van der Waals surface area contributed by atoms with E-state index in [0.717, 1.165) is 6.42 Å². The van der Waals surface area contributed by atoms with Crippen molar-refractivity contribution in [3.05, 3.63) is 28.5 Å². The highest BCUT2D eigenvalue weighted by Crippen LogP contribution is 2.15. The van der Waals surface area contributed by atoms with Gasteiger partial charge in [-0.15, -0.1) is 0 Å². The van der Waals surface area contributed by atoms with Crippen molar-refractivity contribution in [1.82, 2.24) is 9.88 Å². The van der Waals surface area contributed by atoms with Gasteiger partial charge in [0.15, 0.2) is 0 Å². The molecule has 19 heavy (non-hydrogen) atoms. The fourth-order valence-electron chi connectivity index (χ4n) is 1.63. The minimum Gasteiger partial charge on any atom is -0.385 e. The summed E-state index contributed by atoms with van der Waals surface area (Å²) in [7, 11) is 3.27. The third-order valence-electron chi connectivity index (χ3n) is 2.62. The van der Waals surface area contributed by atoms with E-state index in [2.05, 4.69) is 20.9 Å². The van der Waals surface area contributed by atoms with Gasteiger partial charge in [-0.2, -0.15) is 0 Å². The lowest BCUT2D eigenvalue weighted by Gasteiger charge is -2.22. The molecule has 0 fully saturated rings. The van der Waals surface area contributed by atoms with Gasteiger partial charge >= 0.3 is 0 Å². The van der Waals surface area contributed by atoms with Crippen LogP contribution < -0.4 is 0 Å². The molecule has 0 aliphatic rings. The van der Waals surface area contributed by atoms with Crippen LogP contribution in [0.15, 0.2) is 22.9 Å². The molecule has 1 amide bonds. The second-order valence-corrected chi connectivity index (χ2v) is 4.72. The molecular weight excluding hydrogens is 312 g/mol. The third kappa shape index (κ3) is 5.26. The Labute approximate surface area is 122 Å². The quantitative estimate of drug-likeness (QED) is 0.540. The zero-order chi connectivity index (χ0) is 14.1. The first-order chi connectivity index (χ1) is 9.20. The normalized spacial score (nSPS) is 10.5. The van der Waals surface area contributed by atoms with E-state index in [1.807, 2.05) is 0 Å². The van der Waals surface area contributed by atoms with Crippen molar-refractivity contribution in [2.24, 2.45) is 0 Å². The minimum atomic E-state index is -0.0480. The molecule has 1 aromatic heterocycles. The van der Waals surface area contributed by atoms with Gasteiger partial charge in [0, 0.05) is 40.1 Å². The standard InChI is InChI=1S/C13H19BrN2O3/c1-18-9-4-7-16(8-10-19-2)13(17)11-5-3-6-15-12(11)14/h3,5-6H,4,7-10H2,1-2H3. The number of aromatic nitrogens is 1. The van der Waals surface area contributed by atoms with Crippen molar-refractivity contribution in [2.45, 2.75) is 6.42 Å². The van der Waals surface area contributed by atoms with Crippen LogP contribution in [0.25, 0.3) is 0 Å². The highest BCUT2D eigenvalue weighted by molar-refractivity contribution is 9.10. The van der Waals surface area contributed by atoms with Gasteiger partial charge in [0.1, 0.15) is 4.60 Å². The number of nitrogens with zero attached hydrogens (tertiary/aromatic N) is 2. The molecule has 0 aliphatic carbocycles.